The van der Waals surface area contributed by atoms with Crippen molar-refractivity contribution >= 4 is 17.3 Å². The third-order valence-electron chi connectivity index (χ3n) is 1.67. The van der Waals surface area contributed by atoms with E-state index in [2.05, 4.69) is 17.2 Å². The van der Waals surface area contributed by atoms with Crippen molar-refractivity contribution in [1.29, 1.82) is 5.26 Å². The molecule has 1 aromatic rings. The predicted molar refractivity (Wildman–Crippen MR) is 58.1 cm³/mol. The maximum atomic E-state index is 8.85. The van der Waals surface area contributed by atoms with E-state index in [1.807, 2.05) is 12.1 Å². The lowest BCUT2D eigenvalue weighted by molar-refractivity contribution is 1.36. The predicted octanol–water partition coefficient (Wildman–Crippen LogP) is 2.65. The molecule has 1 N–H and O–H groups in total. The minimum absolute atomic E-state index is 0.460. The highest BCUT2D eigenvalue weighted by Crippen LogP contribution is 2.22. The van der Waals surface area contributed by atoms with Gasteiger partial charge in [-0.15, -0.1) is 5.92 Å². The van der Waals surface area contributed by atoms with Crippen LogP contribution in [0.15, 0.2) is 18.2 Å². The zero-order valence-electron chi connectivity index (χ0n) is 7.76. The summed E-state index contributed by atoms with van der Waals surface area (Å²) in [6.07, 6.45) is 0. The lowest BCUT2D eigenvalue weighted by Crippen LogP contribution is -2.00. The third kappa shape index (κ3) is 2.42. The van der Waals surface area contributed by atoms with Gasteiger partial charge in [-0.3, -0.25) is 0 Å². The number of anilines is 1. The number of halogens is 1. The highest BCUT2D eigenvalue weighted by molar-refractivity contribution is 6.32. The summed E-state index contributed by atoms with van der Waals surface area (Å²) in [5.41, 5.74) is 1.19. The number of nitriles is 1. The number of hydrogen-bond donors (Lipinski definition) is 1. The second-order valence-electron chi connectivity index (χ2n) is 2.55. The maximum absolute atomic E-state index is 8.85. The van der Waals surface area contributed by atoms with Crippen molar-refractivity contribution in [2.24, 2.45) is 0 Å². The van der Waals surface area contributed by atoms with Gasteiger partial charge in [0.05, 0.1) is 22.8 Å². The first-order valence-corrected chi connectivity index (χ1v) is 4.49. The van der Waals surface area contributed by atoms with Gasteiger partial charge in [0.1, 0.15) is 6.07 Å². The van der Waals surface area contributed by atoms with Gasteiger partial charge in [-0.25, -0.2) is 0 Å². The summed E-state index contributed by atoms with van der Waals surface area (Å²) in [5.74, 6) is 5.62. The Labute approximate surface area is 88.5 Å². The van der Waals surface area contributed by atoms with Crippen molar-refractivity contribution < 1.29 is 0 Å². The standard InChI is InChI=1S/C11H9ClN2/c1-2-3-7-14-11-6-4-5-10(12)9(11)8-13/h4-6,14H,7H2,1H3. The first-order valence-electron chi connectivity index (χ1n) is 4.11. The monoisotopic (exact) mass is 204 g/mol. The number of rotatable bonds is 2. The summed E-state index contributed by atoms with van der Waals surface area (Å²) >= 11 is 5.84. The van der Waals surface area contributed by atoms with Crippen LogP contribution >= 0.6 is 11.6 Å². The van der Waals surface area contributed by atoms with Crippen LogP contribution in [0.2, 0.25) is 5.02 Å². The number of hydrogen-bond acceptors (Lipinski definition) is 2. The largest absolute Gasteiger partial charge is 0.373 e. The highest BCUT2D eigenvalue weighted by atomic mass is 35.5. The van der Waals surface area contributed by atoms with Crippen LogP contribution in [0.4, 0.5) is 5.69 Å². The Kier molecular flexibility index (Phi) is 3.85. The van der Waals surface area contributed by atoms with E-state index in [-0.39, 0.29) is 0 Å². The molecule has 14 heavy (non-hydrogen) atoms. The van der Waals surface area contributed by atoms with Crippen LogP contribution in [0.25, 0.3) is 0 Å². The average Bonchev–Trinajstić information content (AvgIpc) is 2.18. The Morgan fingerprint density at radius 3 is 2.93 bits per heavy atom. The van der Waals surface area contributed by atoms with Gasteiger partial charge in [-0.2, -0.15) is 5.26 Å². The molecule has 0 amide bonds. The molecule has 0 aromatic heterocycles. The van der Waals surface area contributed by atoms with E-state index in [1.54, 1.807) is 19.1 Å². The van der Waals surface area contributed by atoms with Crippen LogP contribution in [0.3, 0.4) is 0 Å². The van der Waals surface area contributed by atoms with Gasteiger partial charge in [0.2, 0.25) is 0 Å². The van der Waals surface area contributed by atoms with Crippen molar-refractivity contribution in [3.8, 4) is 17.9 Å². The van der Waals surface area contributed by atoms with E-state index < -0.39 is 0 Å². The van der Waals surface area contributed by atoms with Crippen LogP contribution < -0.4 is 5.32 Å². The summed E-state index contributed by atoms with van der Waals surface area (Å²) in [4.78, 5) is 0. The Hall–Kier alpha value is -1.64. The SMILES string of the molecule is CC#CCNc1cccc(Cl)c1C#N. The second kappa shape index (κ2) is 5.17. The quantitative estimate of drug-likeness (QED) is 0.752. The Bertz CT molecular complexity index is 421. The molecule has 0 bridgehead atoms. The Morgan fingerprint density at radius 1 is 1.50 bits per heavy atom. The summed E-state index contributed by atoms with van der Waals surface area (Å²) in [5, 5.41) is 12.3. The molecular formula is C11H9ClN2. The van der Waals surface area contributed by atoms with Crippen molar-refractivity contribution in [1.82, 2.24) is 0 Å². The van der Waals surface area contributed by atoms with Crippen LogP contribution in [-0.2, 0) is 0 Å². The molecule has 0 unspecified atom stereocenters. The van der Waals surface area contributed by atoms with Crippen LogP contribution in [-0.4, -0.2) is 6.54 Å². The van der Waals surface area contributed by atoms with Crippen LogP contribution in [0, 0.1) is 23.2 Å². The van der Waals surface area contributed by atoms with Gasteiger partial charge in [0.25, 0.3) is 0 Å². The molecule has 0 saturated carbocycles. The molecule has 0 aliphatic carbocycles. The number of benzene rings is 1. The van der Waals surface area contributed by atoms with Crippen molar-refractivity contribution in [2.45, 2.75) is 6.92 Å². The third-order valence-corrected chi connectivity index (χ3v) is 1.98. The molecule has 2 nitrogen and oxygen atoms in total. The van der Waals surface area contributed by atoms with Gasteiger partial charge in [0, 0.05) is 0 Å². The molecule has 0 heterocycles. The Morgan fingerprint density at radius 2 is 2.29 bits per heavy atom. The van der Waals surface area contributed by atoms with Crippen molar-refractivity contribution in [3.05, 3.63) is 28.8 Å². The average molecular weight is 205 g/mol. The fourth-order valence-electron chi connectivity index (χ4n) is 1.01. The second-order valence-corrected chi connectivity index (χ2v) is 2.96. The molecular weight excluding hydrogens is 196 g/mol. The summed E-state index contributed by atoms with van der Waals surface area (Å²) in [7, 11) is 0. The normalized spacial score (nSPS) is 8.36. The van der Waals surface area contributed by atoms with E-state index in [0.29, 0.717) is 17.1 Å². The van der Waals surface area contributed by atoms with Gasteiger partial charge < -0.3 is 5.32 Å². The molecule has 0 radical (unpaired) electrons. The molecule has 0 aliphatic rings. The molecule has 70 valence electrons. The molecule has 0 fully saturated rings. The molecule has 1 rings (SSSR count). The lowest BCUT2D eigenvalue weighted by Gasteiger charge is -2.05. The summed E-state index contributed by atoms with van der Waals surface area (Å²) < 4.78 is 0. The summed E-state index contributed by atoms with van der Waals surface area (Å²) in [6.45, 7) is 2.29. The van der Waals surface area contributed by atoms with Crippen LogP contribution in [0.1, 0.15) is 12.5 Å². The first kappa shape index (κ1) is 10.4. The molecule has 0 saturated heterocycles. The topological polar surface area (TPSA) is 35.8 Å². The van der Waals surface area contributed by atoms with Gasteiger partial charge >= 0.3 is 0 Å². The smallest absolute Gasteiger partial charge is 0.103 e. The fraction of sp³-hybridized carbons (Fsp3) is 0.182. The van der Waals surface area contributed by atoms with E-state index >= 15 is 0 Å². The van der Waals surface area contributed by atoms with E-state index in [1.165, 1.54) is 0 Å². The number of nitrogens with one attached hydrogen (secondary N) is 1. The van der Waals surface area contributed by atoms with Gasteiger partial charge in [0.15, 0.2) is 0 Å². The maximum Gasteiger partial charge on any atom is 0.103 e. The molecule has 0 aliphatic heterocycles. The van der Waals surface area contributed by atoms with Gasteiger partial charge in [-0.1, -0.05) is 23.6 Å². The van der Waals surface area contributed by atoms with Gasteiger partial charge in [-0.05, 0) is 19.1 Å². The molecule has 0 spiro atoms. The molecule has 1 aromatic carbocycles. The van der Waals surface area contributed by atoms with E-state index in [4.69, 9.17) is 16.9 Å². The zero-order valence-corrected chi connectivity index (χ0v) is 8.52. The minimum Gasteiger partial charge on any atom is -0.373 e. The van der Waals surface area contributed by atoms with Crippen molar-refractivity contribution in [3.63, 3.8) is 0 Å². The van der Waals surface area contributed by atoms with E-state index in [9.17, 15) is 0 Å². The van der Waals surface area contributed by atoms with Crippen molar-refractivity contribution in [2.75, 3.05) is 11.9 Å². The minimum atomic E-state index is 0.460. The van der Waals surface area contributed by atoms with Crippen LogP contribution in [0.5, 0.6) is 0 Å². The summed E-state index contributed by atoms with van der Waals surface area (Å²) in [6, 6.07) is 7.34. The highest BCUT2D eigenvalue weighted by Gasteiger charge is 2.04. The Balaban J connectivity index is 2.90. The van der Waals surface area contributed by atoms with E-state index in [0.717, 1.165) is 5.69 Å². The lowest BCUT2D eigenvalue weighted by atomic mass is 10.2. The fourth-order valence-corrected chi connectivity index (χ4v) is 1.23. The zero-order chi connectivity index (χ0) is 10.4. The number of nitrogens with zero attached hydrogens (tertiary/aromatic N) is 1. The molecule has 3 heteroatoms. The first-order chi connectivity index (χ1) is 6.79. The molecule has 0 atom stereocenters.